The van der Waals surface area contributed by atoms with E-state index in [1.807, 2.05) is 6.92 Å². The van der Waals surface area contributed by atoms with Gasteiger partial charge in [-0.05, 0) is 36.8 Å². The molecule has 1 heterocycles. The topological polar surface area (TPSA) is 67.4 Å². The molecular weight excluding hydrogens is 304 g/mol. The summed E-state index contributed by atoms with van der Waals surface area (Å²) in [5.41, 5.74) is 2.31. The van der Waals surface area contributed by atoms with Gasteiger partial charge in [0, 0.05) is 0 Å². The zero-order valence-electron chi connectivity index (χ0n) is 11.8. The average molecular weight is 317 g/mol. The molecule has 0 bridgehead atoms. The van der Waals surface area contributed by atoms with Gasteiger partial charge in [0.1, 0.15) is 0 Å². The molecule has 0 saturated heterocycles. The van der Waals surface area contributed by atoms with E-state index in [4.69, 9.17) is 16.3 Å². The van der Waals surface area contributed by atoms with Gasteiger partial charge in [-0.3, -0.25) is 9.59 Å². The number of carbonyl (C=O) groups excluding carboxylic acids is 2. The first-order valence-electron chi connectivity index (χ1n) is 6.68. The Hall–Kier alpha value is -2.53. The second-order valence-electron chi connectivity index (χ2n) is 4.96. The van der Waals surface area contributed by atoms with Crippen molar-refractivity contribution in [2.45, 2.75) is 6.92 Å². The number of nitrogens with one attached hydrogen (secondary N) is 2. The maximum absolute atomic E-state index is 12.4. The summed E-state index contributed by atoms with van der Waals surface area (Å²) in [4.78, 5) is 23.8. The molecule has 112 valence electrons. The molecule has 2 amide bonds. The van der Waals surface area contributed by atoms with Crippen molar-refractivity contribution < 1.29 is 14.3 Å². The highest BCUT2D eigenvalue weighted by Gasteiger charge is 2.21. The van der Waals surface area contributed by atoms with Crippen molar-refractivity contribution in [3.05, 3.63) is 52.5 Å². The highest BCUT2D eigenvalue weighted by Crippen LogP contribution is 2.37. The van der Waals surface area contributed by atoms with Gasteiger partial charge in [-0.2, -0.15) is 0 Å². The number of carbonyl (C=O) groups is 2. The predicted molar refractivity (Wildman–Crippen MR) is 84.7 cm³/mol. The molecule has 0 fully saturated rings. The van der Waals surface area contributed by atoms with Crippen LogP contribution in [0.1, 0.15) is 15.9 Å². The third kappa shape index (κ3) is 2.76. The van der Waals surface area contributed by atoms with Crippen molar-refractivity contribution in [2.24, 2.45) is 0 Å². The fourth-order valence-corrected chi connectivity index (χ4v) is 2.49. The molecule has 5 nitrogen and oxygen atoms in total. The summed E-state index contributed by atoms with van der Waals surface area (Å²) in [5, 5.41) is 5.88. The Morgan fingerprint density at radius 2 is 2.09 bits per heavy atom. The quantitative estimate of drug-likeness (QED) is 0.894. The lowest BCUT2D eigenvalue weighted by atomic mass is 10.1. The van der Waals surface area contributed by atoms with Crippen LogP contribution in [0.2, 0.25) is 5.02 Å². The molecule has 6 heteroatoms. The molecule has 1 aliphatic heterocycles. The maximum atomic E-state index is 12.4. The van der Waals surface area contributed by atoms with Crippen molar-refractivity contribution in [3.8, 4) is 5.75 Å². The van der Waals surface area contributed by atoms with Crippen molar-refractivity contribution >= 4 is 34.8 Å². The van der Waals surface area contributed by atoms with Crippen LogP contribution in [-0.4, -0.2) is 18.4 Å². The van der Waals surface area contributed by atoms with E-state index in [9.17, 15) is 9.59 Å². The van der Waals surface area contributed by atoms with Crippen LogP contribution in [0.25, 0.3) is 0 Å². The Morgan fingerprint density at radius 3 is 2.86 bits per heavy atom. The minimum atomic E-state index is -0.334. The molecule has 3 rings (SSSR count). The fraction of sp³-hybridized carbons (Fsp3) is 0.125. The highest BCUT2D eigenvalue weighted by molar-refractivity contribution is 6.34. The fourth-order valence-electron chi connectivity index (χ4n) is 2.27. The van der Waals surface area contributed by atoms with Crippen LogP contribution in [0.3, 0.4) is 0 Å². The van der Waals surface area contributed by atoms with Crippen LogP contribution in [-0.2, 0) is 4.79 Å². The summed E-state index contributed by atoms with van der Waals surface area (Å²) in [7, 11) is 0. The minimum Gasteiger partial charge on any atom is -0.479 e. The highest BCUT2D eigenvalue weighted by atomic mass is 35.5. The van der Waals surface area contributed by atoms with Crippen molar-refractivity contribution in [1.29, 1.82) is 0 Å². The van der Waals surface area contributed by atoms with E-state index < -0.39 is 0 Å². The van der Waals surface area contributed by atoms with Gasteiger partial charge in [-0.15, -0.1) is 0 Å². The van der Waals surface area contributed by atoms with Crippen LogP contribution < -0.4 is 15.4 Å². The molecular formula is C16H13ClN2O3. The van der Waals surface area contributed by atoms with Gasteiger partial charge in [0.05, 0.1) is 22.0 Å². The third-order valence-electron chi connectivity index (χ3n) is 3.22. The van der Waals surface area contributed by atoms with Crippen LogP contribution in [0.15, 0.2) is 36.4 Å². The molecule has 0 atom stereocenters. The Morgan fingerprint density at radius 1 is 1.32 bits per heavy atom. The van der Waals surface area contributed by atoms with Gasteiger partial charge in [0.25, 0.3) is 11.8 Å². The largest absolute Gasteiger partial charge is 0.479 e. The van der Waals surface area contributed by atoms with Gasteiger partial charge >= 0.3 is 0 Å². The summed E-state index contributed by atoms with van der Waals surface area (Å²) in [5.74, 6) is -0.106. The second kappa shape index (κ2) is 5.69. The number of benzene rings is 2. The molecule has 0 aliphatic carbocycles. The number of amides is 2. The van der Waals surface area contributed by atoms with Gasteiger partial charge in [0.15, 0.2) is 12.4 Å². The molecule has 0 saturated carbocycles. The summed E-state index contributed by atoms with van der Waals surface area (Å²) in [6.45, 7) is 1.79. The van der Waals surface area contributed by atoms with E-state index >= 15 is 0 Å². The molecule has 0 radical (unpaired) electrons. The average Bonchev–Trinajstić information content (AvgIpc) is 2.46. The zero-order valence-corrected chi connectivity index (χ0v) is 12.5. The second-order valence-corrected chi connectivity index (χ2v) is 5.37. The van der Waals surface area contributed by atoms with E-state index in [0.29, 0.717) is 27.7 Å². The Bertz CT molecular complexity index is 774. The number of rotatable bonds is 2. The first kappa shape index (κ1) is 14.4. The van der Waals surface area contributed by atoms with E-state index in [-0.39, 0.29) is 18.4 Å². The number of fused-ring (bicyclic) bond motifs is 1. The zero-order chi connectivity index (χ0) is 15.7. The molecule has 2 aromatic carbocycles. The predicted octanol–water partition coefficient (Wildman–Crippen LogP) is 3.23. The molecule has 0 aromatic heterocycles. The van der Waals surface area contributed by atoms with E-state index in [2.05, 4.69) is 10.6 Å². The van der Waals surface area contributed by atoms with Gasteiger partial charge in [-0.25, -0.2) is 0 Å². The number of aryl methyl sites for hydroxylation is 1. The smallest absolute Gasteiger partial charge is 0.262 e. The van der Waals surface area contributed by atoms with Gasteiger partial charge in [0.2, 0.25) is 0 Å². The van der Waals surface area contributed by atoms with Crippen molar-refractivity contribution in [3.63, 3.8) is 0 Å². The number of halogens is 1. The molecule has 1 aliphatic rings. The maximum Gasteiger partial charge on any atom is 0.262 e. The van der Waals surface area contributed by atoms with Gasteiger partial charge in [-0.1, -0.05) is 23.7 Å². The molecule has 0 spiro atoms. The number of hydrogen-bond donors (Lipinski definition) is 2. The third-order valence-corrected chi connectivity index (χ3v) is 3.55. The standard InChI is InChI=1S/C16H13ClN2O3/c1-9-6-12-15(22-8-14(20)18-12)13(7-9)19-16(21)10-4-2-3-5-11(10)17/h2-7H,8H2,1H3,(H,18,20)(H,19,21). The van der Waals surface area contributed by atoms with Gasteiger partial charge < -0.3 is 15.4 Å². The Kier molecular flexibility index (Phi) is 3.73. The number of anilines is 2. The molecule has 22 heavy (non-hydrogen) atoms. The molecule has 2 aromatic rings. The monoisotopic (exact) mass is 316 g/mol. The Balaban J connectivity index is 1.94. The van der Waals surface area contributed by atoms with E-state index in [0.717, 1.165) is 5.56 Å². The van der Waals surface area contributed by atoms with Crippen molar-refractivity contribution in [1.82, 2.24) is 0 Å². The summed E-state index contributed by atoms with van der Waals surface area (Å²) in [6.07, 6.45) is 0. The van der Waals surface area contributed by atoms with Crippen molar-refractivity contribution in [2.75, 3.05) is 17.2 Å². The summed E-state index contributed by atoms with van der Waals surface area (Å²) in [6, 6.07) is 10.4. The van der Waals surface area contributed by atoms with E-state index in [1.54, 1.807) is 36.4 Å². The SMILES string of the molecule is Cc1cc2c(c(NC(=O)c3ccccc3Cl)c1)OCC(=O)N2. The lowest BCUT2D eigenvalue weighted by molar-refractivity contribution is -0.118. The number of ether oxygens (including phenoxy) is 1. The normalized spacial score (nSPS) is 12.9. The van der Waals surface area contributed by atoms with E-state index in [1.165, 1.54) is 0 Å². The van der Waals surface area contributed by atoms with Crippen LogP contribution in [0.4, 0.5) is 11.4 Å². The summed E-state index contributed by atoms with van der Waals surface area (Å²) < 4.78 is 5.43. The van der Waals surface area contributed by atoms with Crippen LogP contribution in [0.5, 0.6) is 5.75 Å². The lowest BCUT2D eigenvalue weighted by Gasteiger charge is -2.21. The Labute approximate surface area is 132 Å². The lowest BCUT2D eigenvalue weighted by Crippen LogP contribution is -2.26. The first-order valence-corrected chi connectivity index (χ1v) is 7.05. The van der Waals surface area contributed by atoms with Crippen LogP contribution in [0, 0.1) is 6.92 Å². The summed E-state index contributed by atoms with van der Waals surface area (Å²) >= 11 is 6.03. The first-order chi connectivity index (χ1) is 10.5. The van der Waals surface area contributed by atoms with Crippen LogP contribution >= 0.6 is 11.6 Å². The number of hydrogen-bond acceptors (Lipinski definition) is 3. The minimum absolute atomic E-state index is 0.0783. The molecule has 0 unspecified atom stereocenters. The molecule has 2 N–H and O–H groups in total.